The second kappa shape index (κ2) is 5.98. The molecule has 1 aliphatic rings. The van der Waals surface area contributed by atoms with Crippen LogP contribution in [0.5, 0.6) is 5.75 Å². The van der Waals surface area contributed by atoms with Crippen molar-refractivity contribution in [3.8, 4) is 5.75 Å². The van der Waals surface area contributed by atoms with Crippen LogP contribution in [-0.2, 0) is 13.0 Å². The van der Waals surface area contributed by atoms with Crippen molar-refractivity contribution in [1.29, 1.82) is 0 Å². The van der Waals surface area contributed by atoms with Crippen molar-refractivity contribution >= 4 is 27.3 Å². The average Bonchev–Trinajstić information content (AvgIpc) is 2.93. The lowest BCUT2D eigenvalue weighted by molar-refractivity contribution is 0.354. The van der Waals surface area contributed by atoms with Gasteiger partial charge < -0.3 is 15.0 Å². The molecule has 0 amide bonds. The largest absolute Gasteiger partial charge is 0.493 e. The first kappa shape index (κ1) is 14.3. The van der Waals surface area contributed by atoms with Crippen LogP contribution in [0.25, 0.3) is 0 Å². The molecule has 1 heterocycles. The van der Waals surface area contributed by atoms with E-state index in [1.807, 2.05) is 14.1 Å². The van der Waals surface area contributed by atoms with Crippen molar-refractivity contribution in [2.45, 2.75) is 13.0 Å². The lowest BCUT2D eigenvalue weighted by Crippen LogP contribution is -2.09. The topological polar surface area (TPSA) is 24.5 Å². The van der Waals surface area contributed by atoms with Gasteiger partial charge >= 0.3 is 0 Å². The molecule has 2 aromatic carbocycles. The minimum atomic E-state index is 0.763. The van der Waals surface area contributed by atoms with Gasteiger partial charge in [-0.3, -0.25) is 0 Å². The lowest BCUT2D eigenvalue weighted by atomic mass is 10.1. The number of nitrogens with one attached hydrogen (secondary N) is 1. The number of anilines is 2. The Morgan fingerprint density at radius 2 is 2.10 bits per heavy atom. The van der Waals surface area contributed by atoms with Crippen LogP contribution in [0.15, 0.2) is 40.9 Å². The van der Waals surface area contributed by atoms with Crippen molar-refractivity contribution in [2.75, 3.05) is 30.9 Å². The van der Waals surface area contributed by atoms with E-state index in [9.17, 15) is 0 Å². The molecule has 1 N–H and O–H groups in total. The zero-order valence-corrected chi connectivity index (χ0v) is 13.9. The molecule has 21 heavy (non-hydrogen) atoms. The normalized spacial score (nSPS) is 12.7. The third kappa shape index (κ3) is 3.16. The second-order valence-corrected chi connectivity index (χ2v) is 6.37. The SMILES string of the molecule is CN(C)c1cccc(NCc2cc(Br)cc3c2OCC3)c1. The first-order valence-electron chi connectivity index (χ1n) is 7.09. The molecule has 0 bridgehead atoms. The summed E-state index contributed by atoms with van der Waals surface area (Å²) in [5.41, 5.74) is 4.80. The van der Waals surface area contributed by atoms with E-state index in [2.05, 4.69) is 62.5 Å². The number of nitrogens with zero attached hydrogens (tertiary/aromatic N) is 1. The number of fused-ring (bicyclic) bond motifs is 1. The standard InChI is InChI=1S/C17H19BrN2O/c1-20(2)16-5-3-4-15(10-16)19-11-13-9-14(18)8-12-6-7-21-17(12)13/h3-5,8-10,19H,6-7,11H2,1-2H3. The highest BCUT2D eigenvalue weighted by Gasteiger charge is 2.17. The highest BCUT2D eigenvalue weighted by atomic mass is 79.9. The molecule has 0 unspecified atom stereocenters. The summed E-state index contributed by atoms with van der Waals surface area (Å²) in [6.45, 7) is 1.55. The molecule has 0 saturated heterocycles. The molecule has 0 fully saturated rings. The number of hydrogen-bond acceptors (Lipinski definition) is 3. The highest BCUT2D eigenvalue weighted by Crippen LogP contribution is 2.33. The molecule has 0 saturated carbocycles. The van der Waals surface area contributed by atoms with Crippen LogP contribution in [0.2, 0.25) is 0 Å². The van der Waals surface area contributed by atoms with Crippen molar-refractivity contribution in [3.05, 3.63) is 52.0 Å². The highest BCUT2D eigenvalue weighted by molar-refractivity contribution is 9.10. The van der Waals surface area contributed by atoms with E-state index in [0.29, 0.717) is 0 Å². The number of rotatable bonds is 4. The molecule has 0 aliphatic carbocycles. The van der Waals surface area contributed by atoms with Crippen molar-refractivity contribution in [2.24, 2.45) is 0 Å². The van der Waals surface area contributed by atoms with Gasteiger partial charge in [-0.05, 0) is 35.9 Å². The number of hydrogen-bond donors (Lipinski definition) is 1. The van der Waals surface area contributed by atoms with Gasteiger partial charge in [0.05, 0.1) is 6.61 Å². The Kier molecular flexibility index (Phi) is 4.06. The molecule has 3 rings (SSSR count). The third-order valence-corrected chi connectivity index (χ3v) is 4.13. The fraction of sp³-hybridized carbons (Fsp3) is 0.294. The van der Waals surface area contributed by atoms with Gasteiger partial charge in [-0.1, -0.05) is 22.0 Å². The fourth-order valence-corrected chi connectivity index (χ4v) is 3.12. The molecule has 2 aromatic rings. The fourth-order valence-electron chi connectivity index (χ4n) is 2.57. The van der Waals surface area contributed by atoms with Crippen LogP contribution in [0, 0.1) is 0 Å². The summed E-state index contributed by atoms with van der Waals surface area (Å²) < 4.78 is 6.88. The summed E-state index contributed by atoms with van der Waals surface area (Å²) >= 11 is 3.58. The van der Waals surface area contributed by atoms with Crippen LogP contribution in [0.3, 0.4) is 0 Å². The van der Waals surface area contributed by atoms with E-state index in [1.54, 1.807) is 0 Å². The van der Waals surface area contributed by atoms with Crippen LogP contribution in [0.4, 0.5) is 11.4 Å². The predicted molar refractivity (Wildman–Crippen MR) is 91.4 cm³/mol. The maximum atomic E-state index is 5.77. The smallest absolute Gasteiger partial charge is 0.127 e. The van der Waals surface area contributed by atoms with Gasteiger partial charge in [0, 0.05) is 48.5 Å². The monoisotopic (exact) mass is 346 g/mol. The maximum Gasteiger partial charge on any atom is 0.127 e. The van der Waals surface area contributed by atoms with Gasteiger partial charge in [0.15, 0.2) is 0 Å². The van der Waals surface area contributed by atoms with Gasteiger partial charge in [0.25, 0.3) is 0 Å². The minimum Gasteiger partial charge on any atom is -0.493 e. The van der Waals surface area contributed by atoms with Crippen LogP contribution < -0.4 is 15.0 Å². The molecule has 1 aliphatic heterocycles. The van der Waals surface area contributed by atoms with Gasteiger partial charge in [-0.2, -0.15) is 0 Å². The van der Waals surface area contributed by atoms with Gasteiger partial charge in [0.2, 0.25) is 0 Å². The Balaban J connectivity index is 1.78. The number of ether oxygens (including phenoxy) is 1. The Hall–Kier alpha value is -1.68. The molecule has 3 nitrogen and oxygen atoms in total. The molecule has 0 atom stereocenters. The summed E-state index contributed by atoms with van der Waals surface area (Å²) in [4.78, 5) is 2.10. The zero-order valence-electron chi connectivity index (χ0n) is 12.3. The van der Waals surface area contributed by atoms with Crippen LogP contribution in [0.1, 0.15) is 11.1 Å². The van der Waals surface area contributed by atoms with Crippen LogP contribution >= 0.6 is 15.9 Å². The summed E-state index contributed by atoms with van der Waals surface area (Å²) in [5.74, 6) is 1.05. The summed E-state index contributed by atoms with van der Waals surface area (Å²) in [7, 11) is 4.10. The molecule has 0 radical (unpaired) electrons. The Bertz CT molecular complexity index is 655. The first-order valence-corrected chi connectivity index (χ1v) is 7.88. The number of halogens is 1. The average molecular weight is 347 g/mol. The van der Waals surface area contributed by atoms with Gasteiger partial charge in [-0.15, -0.1) is 0 Å². The summed E-state index contributed by atoms with van der Waals surface area (Å²) in [6, 6.07) is 12.7. The summed E-state index contributed by atoms with van der Waals surface area (Å²) in [6.07, 6.45) is 0.998. The van der Waals surface area contributed by atoms with Crippen LogP contribution in [-0.4, -0.2) is 20.7 Å². The molecular formula is C17H19BrN2O. The van der Waals surface area contributed by atoms with Crippen molar-refractivity contribution in [1.82, 2.24) is 0 Å². The third-order valence-electron chi connectivity index (χ3n) is 3.67. The van der Waals surface area contributed by atoms with E-state index in [0.717, 1.165) is 35.5 Å². The molecule has 4 heteroatoms. The number of benzene rings is 2. The summed E-state index contributed by atoms with van der Waals surface area (Å²) in [5, 5.41) is 3.49. The van der Waals surface area contributed by atoms with Crippen molar-refractivity contribution in [3.63, 3.8) is 0 Å². The Morgan fingerprint density at radius 1 is 1.24 bits per heavy atom. The first-order chi connectivity index (χ1) is 10.1. The quantitative estimate of drug-likeness (QED) is 0.903. The molecule has 0 spiro atoms. The van der Waals surface area contributed by atoms with Gasteiger partial charge in [0.1, 0.15) is 5.75 Å². The van der Waals surface area contributed by atoms with E-state index in [1.165, 1.54) is 16.8 Å². The Labute approximate surface area is 134 Å². The molecular weight excluding hydrogens is 328 g/mol. The van der Waals surface area contributed by atoms with E-state index >= 15 is 0 Å². The maximum absolute atomic E-state index is 5.77. The Morgan fingerprint density at radius 3 is 2.90 bits per heavy atom. The van der Waals surface area contributed by atoms with E-state index in [4.69, 9.17) is 4.74 Å². The zero-order chi connectivity index (χ0) is 14.8. The molecule has 0 aromatic heterocycles. The predicted octanol–water partition coefficient (Wildman–Crippen LogP) is 4.06. The van der Waals surface area contributed by atoms with E-state index < -0.39 is 0 Å². The lowest BCUT2D eigenvalue weighted by Gasteiger charge is -2.15. The molecule has 110 valence electrons. The van der Waals surface area contributed by atoms with Crippen molar-refractivity contribution < 1.29 is 4.74 Å². The minimum absolute atomic E-state index is 0.763. The van der Waals surface area contributed by atoms with Gasteiger partial charge in [-0.25, -0.2) is 0 Å². The second-order valence-electron chi connectivity index (χ2n) is 5.45. The van der Waals surface area contributed by atoms with E-state index in [-0.39, 0.29) is 0 Å².